The van der Waals surface area contributed by atoms with Crippen LogP contribution in [0.25, 0.3) is 34.0 Å². The van der Waals surface area contributed by atoms with Crippen molar-refractivity contribution in [3.05, 3.63) is 162 Å². The van der Waals surface area contributed by atoms with Crippen molar-refractivity contribution in [2.24, 2.45) is 0 Å². The molecule has 36 heavy (non-hydrogen) atoms. The lowest BCUT2D eigenvalue weighted by Crippen LogP contribution is -2.07. The van der Waals surface area contributed by atoms with Crippen molar-refractivity contribution in [3.63, 3.8) is 0 Å². The summed E-state index contributed by atoms with van der Waals surface area (Å²) in [6.07, 6.45) is 4.13. The topological polar surface area (TPSA) is 20.5 Å². The molecular formula is C34H25O2+. The van der Waals surface area contributed by atoms with Crippen LogP contribution in [0.15, 0.2) is 150 Å². The maximum atomic E-state index is 6.50. The molecule has 0 spiro atoms. The third-order valence-electron chi connectivity index (χ3n) is 6.30. The van der Waals surface area contributed by atoms with Gasteiger partial charge in [0.2, 0.25) is 0 Å². The Morgan fingerprint density at radius 1 is 0.500 bits per heavy atom. The van der Waals surface area contributed by atoms with Gasteiger partial charge in [0, 0.05) is 11.1 Å². The Hall–Kier alpha value is -4.69. The predicted octanol–water partition coefficient (Wildman–Crippen LogP) is 9.09. The largest absolute Gasteiger partial charge is 0.481 e. The molecule has 0 radical (unpaired) electrons. The standard InChI is InChI=1S/C34H25O2/c1-5-13-25(14-6-1)31-21-29(22-32(35-31)26-15-7-2-8-16-26)30-23-33(27-17-9-3-10-18-27)36-34(24-30)28-19-11-4-12-20-28/h1-24,31H/q+1. The van der Waals surface area contributed by atoms with E-state index in [4.69, 9.17) is 9.15 Å². The van der Waals surface area contributed by atoms with Gasteiger partial charge in [-0.2, -0.15) is 0 Å². The zero-order chi connectivity index (χ0) is 24.2. The van der Waals surface area contributed by atoms with Crippen molar-refractivity contribution in [2.75, 3.05) is 0 Å². The smallest absolute Gasteiger partial charge is 0.361 e. The molecule has 5 aromatic rings. The predicted molar refractivity (Wildman–Crippen MR) is 147 cm³/mol. The van der Waals surface area contributed by atoms with E-state index in [-0.39, 0.29) is 6.10 Å². The Morgan fingerprint density at radius 3 is 1.50 bits per heavy atom. The molecule has 0 saturated carbocycles. The molecule has 1 unspecified atom stereocenters. The van der Waals surface area contributed by atoms with Crippen LogP contribution in [0.3, 0.4) is 0 Å². The average Bonchev–Trinajstić information content (AvgIpc) is 2.98. The van der Waals surface area contributed by atoms with Gasteiger partial charge in [0.1, 0.15) is 11.9 Å². The van der Waals surface area contributed by atoms with Crippen molar-refractivity contribution in [2.45, 2.75) is 6.10 Å². The minimum Gasteiger partial charge on any atom is -0.481 e. The van der Waals surface area contributed by atoms with Crippen LogP contribution in [-0.4, -0.2) is 0 Å². The highest BCUT2D eigenvalue weighted by Crippen LogP contribution is 2.39. The highest BCUT2D eigenvalue weighted by Gasteiger charge is 2.25. The molecule has 1 aromatic heterocycles. The number of hydrogen-bond donors (Lipinski definition) is 0. The zero-order valence-electron chi connectivity index (χ0n) is 19.8. The van der Waals surface area contributed by atoms with E-state index in [1.165, 1.54) is 0 Å². The van der Waals surface area contributed by atoms with Gasteiger partial charge in [-0.05, 0) is 47.6 Å². The Balaban J connectivity index is 1.53. The van der Waals surface area contributed by atoms with Gasteiger partial charge in [-0.1, -0.05) is 97.1 Å². The van der Waals surface area contributed by atoms with E-state index in [2.05, 4.69) is 84.9 Å². The van der Waals surface area contributed by atoms with E-state index < -0.39 is 0 Å². The Kier molecular flexibility index (Phi) is 5.99. The molecule has 4 aromatic carbocycles. The monoisotopic (exact) mass is 465 g/mol. The maximum Gasteiger partial charge on any atom is 0.361 e. The van der Waals surface area contributed by atoms with Crippen LogP contribution in [0.5, 0.6) is 0 Å². The zero-order valence-corrected chi connectivity index (χ0v) is 19.8. The summed E-state index contributed by atoms with van der Waals surface area (Å²) in [4.78, 5) is 0. The molecular weight excluding hydrogens is 440 g/mol. The van der Waals surface area contributed by atoms with Crippen LogP contribution in [0, 0.1) is 0 Å². The van der Waals surface area contributed by atoms with Gasteiger partial charge < -0.3 is 4.74 Å². The summed E-state index contributed by atoms with van der Waals surface area (Å²) in [5.74, 6) is 2.50. The van der Waals surface area contributed by atoms with Gasteiger partial charge in [0.15, 0.2) is 0 Å². The van der Waals surface area contributed by atoms with E-state index in [1.54, 1.807) is 0 Å². The first-order chi connectivity index (χ1) is 17.8. The molecule has 0 bridgehead atoms. The van der Waals surface area contributed by atoms with Crippen LogP contribution in [0.4, 0.5) is 0 Å². The molecule has 0 N–H and O–H groups in total. The van der Waals surface area contributed by atoms with E-state index in [0.717, 1.165) is 50.7 Å². The van der Waals surface area contributed by atoms with Gasteiger partial charge in [0.25, 0.3) is 0 Å². The van der Waals surface area contributed by atoms with Crippen LogP contribution in [-0.2, 0) is 4.74 Å². The molecule has 0 fully saturated rings. The first-order valence-corrected chi connectivity index (χ1v) is 12.1. The van der Waals surface area contributed by atoms with Crippen molar-refractivity contribution in [1.29, 1.82) is 0 Å². The van der Waals surface area contributed by atoms with Crippen molar-refractivity contribution in [3.8, 4) is 22.6 Å². The summed E-state index contributed by atoms with van der Waals surface area (Å²) in [5.41, 5.74) is 6.42. The summed E-state index contributed by atoms with van der Waals surface area (Å²) in [7, 11) is 0. The Labute approximate surface area is 211 Å². The minimum atomic E-state index is -0.195. The molecule has 2 nitrogen and oxygen atoms in total. The van der Waals surface area contributed by atoms with Gasteiger partial charge in [-0.15, -0.1) is 0 Å². The van der Waals surface area contributed by atoms with Crippen LogP contribution in [0.1, 0.15) is 22.8 Å². The van der Waals surface area contributed by atoms with Gasteiger partial charge in [-0.3, -0.25) is 0 Å². The first-order valence-electron chi connectivity index (χ1n) is 12.1. The number of benzene rings is 4. The fourth-order valence-electron chi connectivity index (χ4n) is 4.46. The minimum absolute atomic E-state index is 0.195. The van der Waals surface area contributed by atoms with Crippen LogP contribution < -0.4 is 0 Å². The maximum absolute atomic E-state index is 6.50. The number of allylic oxidation sites excluding steroid dienone is 2. The molecule has 1 atom stereocenters. The Morgan fingerprint density at radius 2 is 0.972 bits per heavy atom. The highest BCUT2D eigenvalue weighted by atomic mass is 16.5. The molecule has 0 saturated heterocycles. The summed E-state index contributed by atoms with van der Waals surface area (Å²) in [6.45, 7) is 0. The van der Waals surface area contributed by atoms with Gasteiger partial charge >= 0.3 is 11.5 Å². The van der Waals surface area contributed by atoms with Gasteiger partial charge in [-0.25, -0.2) is 4.42 Å². The SMILES string of the molecule is C1=C(c2cc(-c3ccccc3)[o+]c(-c3ccccc3)c2)C=C(c2ccccc2)OC1c1ccccc1. The van der Waals surface area contributed by atoms with Gasteiger partial charge in [0.05, 0.1) is 23.3 Å². The first kappa shape index (κ1) is 21.8. The molecule has 1 aliphatic heterocycles. The quantitative estimate of drug-likeness (QED) is 0.241. The van der Waals surface area contributed by atoms with Crippen molar-refractivity contribution >= 4 is 11.3 Å². The average molecular weight is 466 g/mol. The normalized spacial score (nSPS) is 14.9. The van der Waals surface area contributed by atoms with Crippen molar-refractivity contribution < 1.29 is 9.15 Å². The second-order valence-electron chi connectivity index (χ2n) is 8.75. The second kappa shape index (κ2) is 9.89. The van der Waals surface area contributed by atoms with Crippen molar-refractivity contribution in [1.82, 2.24) is 0 Å². The van der Waals surface area contributed by atoms with E-state index in [1.807, 2.05) is 60.7 Å². The molecule has 2 heteroatoms. The molecule has 2 heterocycles. The highest BCUT2D eigenvalue weighted by molar-refractivity contribution is 5.86. The van der Waals surface area contributed by atoms with E-state index >= 15 is 0 Å². The lowest BCUT2D eigenvalue weighted by molar-refractivity contribution is 0.213. The number of ether oxygens (including phenoxy) is 1. The van der Waals surface area contributed by atoms with E-state index in [0.29, 0.717) is 0 Å². The number of rotatable bonds is 5. The fourth-order valence-corrected chi connectivity index (χ4v) is 4.46. The van der Waals surface area contributed by atoms with E-state index in [9.17, 15) is 0 Å². The number of hydrogen-bond acceptors (Lipinski definition) is 1. The Bertz CT molecular complexity index is 1460. The third-order valence-corrected chi connectivity index (χ3v) is 6.30. The summed E-state index contributed by atoms with van der Waals surface area (Å²) >= 11 is 0. The lowest BCUT2D eigenvalue weighted by atomic mass is 9.95. The molecule has 6 rings (SSSR count). The summed E-state index contributed by atoms with van der Waals surface area (Å²) in [5, 5.41) is 0. The molecule has 0 aliphatic carbocycles. The molecule has 1 aliphatic rings. The lowest BCUT2D eigenvalue weighted by Gasteiger charge is -2.24. The summed E-state index contributed by atoms with van der Waals surface area (Å²) < 4.78 is 12.9. The fraction of sp³-hybridized carbons (Fsp3) is 0.0294. The molecule has 0 amide bonds. The summed E-state index contributed by atoms with van der Waals surface area (Å²) in [6, 6.07) is 45.4. The second-order valence-corrected chi connectivity index (χ2v) is 8.75. The third kappa shape index (κ3) is 4.62. The molecule has 172 valence electrons. The van der Waals surface area contributed by atoms with Crippen LogP contribution >= 0.6 is 0 Å². The van der Waals surface area contributed by atoms with Crippen LogP contribution in [0.2, 0.25) is 0 Å².